The maximum absolute atomic E-state index is 14.1. The van der Waals surface area contributed by atoms with Gasteiger partial charge in [-0.05, 0) is 48.5 Å². The molecule has 6 aromatic carbocycles. The predicted octanol–water partition coefficient (Wildman–Crippen LogP) is 4.66. The molecule has 0 aliphatic carbocycles. The lowest BCUT2D eigenvalue weighted by atomic mass is 9.77. The highest BCUT2D eigenvalue weighted by atomic mass is 16.6. The number of carbonyl (C=O) groups excluding carboxylic acids is 2. The van der Waals surface area contributed by atoms with Crippen LogP contribution in [-0.4, -0.2) is 101 Å². The summed E-state index contributed by atoms with van der Waals surface area (Å²) in [5, 5.41) is 158. The van der Waals surface area contributed by atoms with Gasteiger partial charge in [0.25, 0.3) is 0 Å². The van der Waals surface area contributed by atoms with Crippen molar-refractivity contribution in [2.24, 2.45) is 0 Å². The first-order valence-electron chi connectivity index (χ1n) is 18.9. The molecule has 0 aromatic heterocycles. The molecule has 21 heteroatoms. The number of benzene rings is 6. The van der Waals surface area contributed by atoms with Crippen LogP contribution < -0.4 is 9.47 Å². The molecule has 2 aliphatic rings. The van der Waals surface area contributed by atoms with Crippen LogP contribution >= 0.6 is 0 Å². The van der Waals surface area contributed by atoms with Crippen molar-refractivity contribution in [1.29, 1.82) is 0 Å². The average Bonchev–Trinajstić information content (AvgIpc) is 3.24. The molecule has 0 saturated carbocycles. The summed E-state index contributed by atoms with van der Waals surface area (Å²) in [6.07, 6.45) is -7.43. The van der Waals surface area contributed by atoms with Crippen LogP contribution in [0.25, 0.3) is 0 Å². The molecule has 21 nitrogen and oxygen atoms in total. The SMILES string of the molecule is O=C(OC1Cc2c(O)cc(O)c(C3c4c(O)cc(O)cc4OC(c4ccc(O)c(O)c4)C3OC(=O)c3cc(O)c(O)c(O)c3)c2OC1c1cc(O)c(O)c(O)c1)c1cc(O)c(O)c(O)c1. The maximum atomic E-state index is 14.1. The molecule has 6 aromatic rings. The van der Waals surface area contributed by atoms with Crippen LogP contribution in [0.5, 0.6) is 97.7 Å². The Hall–Kier alpha value is -9.14. The average molecular weight is 899 g/mol. The van der Waals surface area contributed by atoms with E-state index in [2.05, 4.69) is 0 Å². The highest BCUT2D eigenvalue weighted by Gasteiger charge is 2.49. The van der Waals surface area contributed by atoms with Crippen LogP contribution in [0.1, 0.15) is 66.7 Å². The molecule has 0 radical (unpaired) electrons. The third kappa shape index (κ3) is 7.41. The van der Waals surface area contributed by atoms with Gasteiger partial charge in [-0.3, -0.25) is 0 Å². The largest absolute Gasteiger partial charge is 0.508 e. The lowest BCUT2D eigenvalue weighted by Crippen LogP contribution is -2.40. The second-order valence-corrected chi connectivity index (χ2v) is 15.0. The number of hydrogen-bond acceptors (Lipinski definition) is 21. The van der Waals surface area contributed by atoms with Gasteiger partial charge >= 0.3 is 11.9 Å². The summed E-state index contributed by atoms with van der Waals surface area (Å²) in [6.45, 7) is 0. The zero-order valence-electron chi connectivity index (χ0n) is 32.7. The second kappa shape index (κ2) is 15.6. The predicted molar refractivity (Wildman–Crippen MR) is 214 cm³/mol. The van der Waals surface area contributed by atoms with Gasteiger partial charge in [-0.15, -0.1) is 0 Å². The smallest absolute Gasteiger partial charge is 0.338 e. The Morgan fingerprint density at radius 1 is 0.462 bits per heavy atom. The number of phenols is 15. The van der Waals surface area contributed by atoms with Gasteiger partial charge < -0.3 is 95.5 Å². The molecule has 0 bridgehead atoms. The molecule has 8 rings (SSSR count). The first-order chi connectivity index (χ1) is 30.7. The fourth-order valence-corrected chi connectivity index (χ4v) is 7.81. The van der Waals surface area contributed by atoms with E-state index in [9.17, 15) is 86.2 Å². The Kier molecular flexibility index (Phi) is 10.2. The maximum Gasteiger partial charge on any atom is 0.338 e. The number of hydrogen-bond donors (Lipinski definition) is 15. The molecule has 5 unspecified atom stereocenters. The molecule has 2 heterocycles. The highest BCUT2D eigenvalue weighted by molar-refractivity contribution is 5.92. The number of aromatic hydroxyl groups is 15. The quantitative estimate of drug-likeness (QED) is 0.0764. The van der Waals surface area contributed by atoms with Gasteiger partial charge in [-0.1, -0.05) is 6.07 Å². The zero-order valence-corrected chi connectivity index (χ0v) is 32.7. The van der Waals surface area contributed by atoms with Crippen molar-refractivity contribution < 1.29 is 105 Å². The number of esters is 2. The van der Waals surface area contributed by atoms with Gasteiger partial charge in [0.2, 0.25) is 0 Å². The van der Waals surface area contributed by atoms with E-state index < -0.39 is 157 Å². The minimum absolute atomic E-state index is 0.0489. The van der Waals surface area contributed by atoms with Gasteiger partial charge in [0.05, 0.1) is 17.0 Å². The molecule has 0 saturated heterocycles. The van der Waals surface area contributed by atoms with E-state index in [0.717, 1.165) is 66.7 Å². The molecular formula is C44H34O21. The summed E-state index contributed by atoms with van der Waals surface area (Å²) in [4.78, 5) is 27.7. The van der Waals surface area contributed by atoms with E-state index in [0.29, 0.717) is 0 Å². The first kappa shape index (κ1) is 42.5. The number of carbonyl (C=O) groups is 2. The second-order valence-electron chi connectivity index (χ2n) is 15.0. The molecule has 0 fully saturated rings. The van der Waals surface area contributed by atoms with Crippen LogP contribution in [0.15, 0.2) is 72.8 Å². The van der Waals surface area contributed by atoms with Gasteiger partial charge in [-0.25, -0.2) is 9.59 Å². The van der Waals surface area contributed by atoms with Crippen LogP contribution in [0.3, 0.4) is 0 Å². The van der Waals surface area contributed by atoms with Crippen LogP contribution in [0.2, 0.25) is 0 Å². The molecule has 5 atom stereocenters. The van der Waals surface area contributed by atoms with E-state index in [1.807, 2.05) is 0 Å². The van der Waals surface area contributed by atoms with Crippen molar-refractivity contribution in [2.75, 3.05) is 0 Å². The summed E-state index contributed by atoms with van der Waals surface area (Å²) < 4.78 is 24.4. The van der Waals surface area contributed by atoms with E-state index >= 15 is 0 Å². The highest BCUT2D eigenvalue weighted by Crippen LogP contribution is 2.59. The molecular weight excluding hydrogens is 864 g/mol. The van der Waals surface area contributed by atoms with Crippen molar-refractivity contribution >= 4 is 11.9 Å². The minimum Gasteiger partial charge on any atom is -0.508 e. The number of phenolic OH excluding ortho intramolecular Hbond substituents is 15. The fourth-order valence-electron chi connectivity index (χ4n) is 7.81. The Morgan fingerprint density at radius 2 is 0.969 bits per heavy atom. The molecule has 0 spiro atoms. The Balaban J connectivity index is 1.35. The number of rotatable bonds is 7. The van der Waals surface area contributed by atoms with Crippen molar-refractivity contribution in [3.8, 4) is 97.7 Å². The van der Waals surface area contributed by atoms with Gasteiger partial charge in [0, 0.05) is 52.4 Å². The Labute approximate surface area is 362 Å². The van der Waals surface area contributed by atoms with Gasteiger partial charge in [0.15, 0.2) is 81.6 Å². The monoisotopic (exact) mass is 898 g/mol. The summed E-state index contributed by atoms with van der Waals surface area (Å²) in [5.74, 6) is -17.7. The zero-order chi connectivity index (χ0) is 46.9. The third-order valence-corrected chi connectivity index (χ3v) is 10.8. The van der Waals surface area contributed by atoms with Crippen LogP contribution in [0.4, 0.5) is 0 Å². The number of fused-ring (bicyclic) bond motifs is 2. The van der Waals surface area contributed by atoms with Gasteiger partial charge in [0.1, 0.15) is 40.6 Å². The third-order valence-electron chi connectivity index (χ3n) is 10.8. The van der Waals surface area contributed by atoms with E-state index in [-0.39, 0.29) is 28.0 Å². The molecule has 2 aliphatic heterocycles. The molecule has 336 valence electrons. The molecule has 65 heavy (non-hydrogen) atoms. The van der Waals surface area contributed by atoms with Crippen molar-refractivity contribution in [3.63, 3.8) is 0 Å². The summed E-state index contributed by atoms with van der Waals surface area (Å²) in [5.41, 5.74) is -2.34. The lowest BCUT2D eigenvalue weighted by molar-refractivity contribution is -0.0303. The summed E-state index contributed by atoms with van der Waals surface area (Å²) in [7, 11) is 0. The van der Waals surface area contributed by atoms with Crippen molar-refractivity contribution in [1.82, 2.24) is 0 Å². The van der Waals surface area contributed by atoms with E-state index in [1.165, 1.54) is 6.07 Å². The van der Waals surface area contributed by atoms with Crippen LogP contribution in [0, 0.1) is 0 Å². The van der Waals surface area contributed by atoms with Crippen molar-refractivity contribution in [3.05, 3.63) is 112 Å². The first-order valence-corrected chi connectivity index (χ1v) is 18.9. The summed E-state index contributed by atoms with van der Waals surface area (Å²) >= 11 is 0. The van der Waals surface area contributed by atoms with Crippen molar-refractivity contribution in [2.45, 2.75) is 36.8 Å². The molecule has 15 N–H and O–H groups in total. The normalized spacial score (nSPS) is 18.6. The Morgan fingerprint density at radius 3 is 1.52 bits per heavy atom. The van der Waals surface area contributed by atoms with Crippen LogP contribution in [-0.2, 0) is 15.9 Å². The Bertz CT molecular complexity index is 2890. The fraction of sp³-hybridized carbons (Fsp3) is 0.136. The number of ether oxygens (including phenoxy) is 4. The topological polar surface area (TPSA) is 375 Å². The van der Waals surface area contributed by atoms with E-state index in [1.54, 1.807) is 0 Å². The van der Waals surface area contributed by atoms with E-state index in [4.69, 9.17) is 18.9 Å². The minimum atomic E-state index is -1.89. The standard InChI is InChI=1S/C44H34O21/c45-18-10-23(49)33-31(11-18)62-40(14-1-2-20(46)22(48)3-14)42(65-44(61)17-8-29(55)38(59)30(56)9-17)35(33)34-24(50)13-21(47)19-12-32(63-43(60)16-6-27(53)37(58)28(54)7-16)39(64-41(19)34)15-4-25(51)36(57)26(52)5-15/h1-11,13,32,35,39-40,42,45-59H,12H2. The van der Waals surface area contributed by atoms with Gasteiger partial charge in [-0.2, -0.15) is 0 Å². The molecule has 0 amide bonds. The summed E-state index contributed by atoms with van der Waals surface area (Å²) in [6, 6.07) is 10.8. The lowest BCUT2D eigenvalue weighted by Gasteiger charge is -2.42.